The SMILES string of the molecule is CSc1ccccc1C(=O)[C@@H]1CCCN(C(=O)CN2CCCCC2=O)C1. The quantitative estimate of drug-likeness (QED) is 0.587. The lowest BCUT2D eigenvalue weighted by Crippen LogP contribution is -2.48. The molecule has 1 atom stereocenters. The number of thioether (sulfide) groups is 1. The highest BCUT2D eigenvalue weighted by Gasteiger charge is 2.31. The first kappa shape index (κ1) is 19.0. The van der Waals surface area contributed by atoms with Crippen LogP contribution in [0.25, 0.3) is 0 Å². The molecule has 1 aromatic rings. The first-order valence-corrected chi connectivity index (χ1v) is 10.6. The molecule has 3 rings (SSSR count). The number of rotatable bonds is 5. The molecule has 0 aromatic heterocycles. The summed E-state index contributed by atoms with van der Waals surface area (Å²) in [6, 6.07) is 7.67. The van der Waals surface area contributed by atoms with Gasteiger partial charge in [0.05, 0.1) is 6.54 Å². The number of likely N-dealkylation sites (tertiary alicyclic amines) is 2. The Morgan fingerprint density at radius 2 is 1.96 bits per heavy atom. The number of hydrogen-bond acceptors (Lipinski definition) is 4. The number of nitrogens with zero attached hydrogens (tertiary/aromatic N) is 2. The van der Waals surface area contributed by atoms with Gasteiger partial charge in [-0.1, -0.05) is 18.2 Å². The third-order valence-electron chi connectivity index (χ3n) is 5.26. The zero-order chi connectivity index (χ0) is 18.5. The number of carbonyl (C=O) groups excluding carboxylic acids is 3. The van der Waals surface area contributed by atoms with Gasteiger partial charge in [0.2, 0.25) is 11.8 Å². The van der Waals surface area contributed by atoms with Gasteiger partial charge in [-0.3, -0.25) is 14.4 Å². The van der Waals surface area contributed by atoms with Crippen molar-refractivity contribution in [3.05, 3.63) is 29.8 Å². The van der Waals surface area contributed by atoms with E-state index in [1.807, 2.05) is 30.5 Å². The number of amides is 2. The molecule has 0 unspecified atom stereocenters. The van der Waals surface area contributed by atoms with Crippen LogP contribution in [0.15, 0.2) is 29.2 Å². The zero-order valence-electron chi connectivity index (χ0n) is 15.3. The van der Waals surface area contributed by atoms with Crippen LogP contribution in [0, 0.1) is 5.92 Å². The van der Waals surface area contributed by atoms with Gasteiger partial charge in [0.25, 0.3) is 0 Å². The van der Waals surface area contributed by atoms with E-state index in [-0.39, 0.29) is 30.1 Å². The fraction of sp³-hybridized carbons (Fsp3) is 0.550. The fourth-order valence-corrected chi connectivity index (χ4v) is 4.38. The summed E-state index contributed by atoms with van der Waals surface area (Å²) in [6.45, 7) is 1.96. The maximum atomic E-state index is 13.0. The zero-order valence-corrected chi connectivity index (χ0v) is 16.1. The molecule has 2 fully saturated rings. The van der Waals surface area contributed by atoms with Crippen LogP contribution in [0.4, 0.5) is 0 Å². The van der Waals surface area contributed by atoms with E-state index in [0.29, 0.717) is 26.1 Å². The molecular formula is C20H26N2O3S. The Morgan fingerprint density at radius 1 is 1.15 bits per heavy atom. The summed E-state index contributed by atoms with van der Waals surface area (Å²) in [5.41, 5.74) is 0.755. The van der Waals surface area contributed by atoms with Crippen LogP contribution in [-0.4, -0.2) is 59.8 Å². The molecule has 6 heteroatoms. The predicted octanol–water partition coefficient (Wildman–Crippen LogP) is 2.84. The van der Waals surface area contributed by atoms with Gasteiger partial charge in [-0.15, -0.1) is 11.8 Å². The molecule has 0 saturated carbocycles. The summed E-state index contributed by atoms with van der Waals surface area (Å²) in [6.07, 6.45) is 6.04. The summed E-state index contributed by atoms with van der Waals surface area (Å²) in [5, 5.41) is 0. The molecule has 2 saturated heterocycles. The number of ketones is 1. The van der Waals surface area contributed by atoms with Crippen LogP contribution in [0.3, 0.4) is 0 Å². The number of piperidine rings is 2. The van der Waals surface area contributed by atoms with Crippen LogP contribution >= 0.6 is 11.8 Å². The van der Waals surface area contributed by atoms with Crippen molar-refractivity contribution >= 4 is 29.4 Å². The van der Waals surface area contributed by atoms with Gasteiger partial charge in [0, 0.05) is 42.4 Å². The molecule has 26 heavy (non-hydrogen) atoms. The van der Waals surface area contributed by atoms with Gasteiger partial charge < -0.3 is 9.80 Å². The van der Waals surface area contributed by atoms with Crippen molar-refractivity contribution in [2.45, 2.75) is 37.0 Å². The summed E-state index contributed by atoms with van der Waals surface area (Å²) in [7, 11) is 0. The molecule has 0 N–H and O–H groups in total. The van der Waals surface area contributed by atoms with Crippen molar-refractivity contribution in [1.29, 1.82) is 0 Å². The molecular weight excluding hydrogens is 348 g/mol. The number of Topliss-reactive ketones (excluding diaryl/α,β-unsaturated/α-hetero) is 1. The molecule has 0 aliphatic carbocycles. The fourth-order valence-electron chi connectivity index (χ4n) is 3.78. The van der Waals surface area contributed by atoms with E-state index in [1.165, 1.54) is 0 Å². The highest BCUT2D eigenvalue weighted by molar-refractivity contribution is 7.98. The minimum Gasteiger partial charge on any atom is -0.340 e. The lowest BCUT2D eigenvalue weighted by molar-refractivity contribution is -0.142. The maximum absolute atomic E-state index is 13.0. The van der Waals surface area contributed by atoms with Crippen molar-refractivity contribution in [3.63, 3.8) is 0 Å². The minimum atomic E-state index is -0.155. The van der Waals surface area contributed by atoms with E-state index in [9.17, 15) is 14.4 Å². The number of benzene rings is 1. The Hall–Kier alpha value is -1.82. The van der Waals surface area contributed by atoms with Gasteiger partial charge in [0.15, 0.2) is 5.78 Å². The van der Waals surface area contributed by atoms with E-state index < -0.39 is 0 Å². The summed E-state index contributed by atoms with van der Waals surface area (Å²) < 4.78 is 0. The number of hydrogen-bond donors (Lipinski definition) is 0. The van der Waals surface area contributed by atoms with Crippen molar-refractivity contribution in [2.75, 3.05) is 32.4 Å². The second-order valence-corrected chi connectivity index (χ2v) is 7.86. The van der Waals surface area contributed by atoms with Gasteiger partial charge in [-0.25, -0.2) is 0 Å². The number of carbonyl (C=O) groups is 3. The van der Waals surface area contributed by atoms with E-state index >= 15 is 0 Å². The first-order chi connectivity index (χ1) is 12.6. The monoisotopic (exact) mass is 374 g/mol. The van der Waals surface area contributed by atoms with Crippen LogP contribution in [0.1, 0.15) is 42.5 Å². The lowest BCUT2D eigenvalue weighted by Gasteiger charge is -2.34. The van der Waals surface area contributed by atoms with E-state index in [2.05, 4.69) is 0 Å². The second kappa shape index (κ2) is 8.71. The van der Waals surface area contributed by atoms with E-state index in [4.69, 9.17) is 0 Å². The molecule has 0 bridgehead atoms. The van der Waals surface area contributed by atoms with Crippen molar-refractivity contribution in [3.8, 4) is 0 Å². The van der Waals surface area contributed by atoms with Crippen LogP contribution in [-0.2, 0) is 9.59 Å². The molecule has 2 aliphatic heterocycles. The van der Waals surface area contributed by atoms with E-state index in [1.54, 1.807) is 21.6 Å². The molecule has 2 aliphatic rings. The van der Waals surface area contributed by atoms with Crippen LogP contribution in [0.5, 0.6) is 0 Å². The third kappa shape index (κ3) is 4.29. The standard InChI is InChI=1S/C20H26N2O3S/c1-26-17-9-3-2-8-16(17)20(25)15-7-6-12-21(13-15)19(24)14-22-11-5-4-10-18(22)23/h2-3,8-9,15H,4-7,10-14H2,1H3/t15-/m1/s1. The van der Waals surface area contributed by atoms with Crippen molar-refractivity contribution < 1.29 is 14.4 Å². The largest absolute Gasteiger partial charge is 0.340 e. The Kier molecular flexibility index (Phi) is 6.35. The molecule has 2 heterocycles. The molecule has 140 valence electrons. The third-order valence-corrected chi connectivity index (χ3v) is 6.06. The first-order valence-electron chi connectivity index (χ1n) is 9.33. The lowest BCUT2D eigenvalue weighted by atomic mass is 9.90. The Labute approximate surface area is 159 Å². The smallest absolute Gasteiger partial charge is 0.242 e. The van der Waals surface area contributed by atoms with E-state index in [0.717, 1.165) is 36.1 Å². The second-order valence-electron chi connectivity index (χ2n) is 7.02. The summed E-state index contributed by atoms with van der Waals surface area (Å²) in [4.78, 5) is 42.0. The van der Waals surface area contributed by atoms with Gasteiger partial charge in [-0.2, -0.15) is 0 Å². The van der Waals surface area contributed by atoms with Gasteiger partial charge in [0.1, 0.15) is 0 Å². The average molecular weight is 375 g/mol. The Balaban J connectivity index is 1.64. The average Bonchev–Trinajstić information content (AvgIpc) is 2.69. The topological polar surface area (TPSA) is 57.7 Å². The Morgan fingerprint density at radius 3 is 2.73 bits per heavy atom. The minimum absolute atomic E-state index is 0.0316. The maximum Gasteiger partial charge on any atom is 0.242 e. The van der Waals surface area contributed by atoms with Gasteiger partial charge in [-0.05, 0) is 38.0 Å². The molecule has 0 radical (unpaired) electrons. The highest BCUT2D eigenvalue weighted by atomic mass is 32.2. The summed E-state index contributed by atoms with van der Waals surface area (Å²) >= 11 is 1.57. The highest BCUT2D eigenvalue weighted by Crippen LogP contribution is 2.27. The van der Waals surface area contributed by atoms with Crippen LogP contribution in [0.2, 0.25) is 0 Å². The van der Waals surface area contributed by atoms with Gasteiger partial charge >= 0.3 is 0 Å². The summed E-state index contributed by atoms with van der Waals surface area (Å²) in [5.74, 6) is 0.0126. The normalized spacial score (nSPS) is 21.0. The Bertz CT molecular complexity index is 691. The molecule has 5 nitrogen and oxygen atoms in total. The van der Waals surface area contributed by atoms with Crippen molar-refractivity contribution in [1.82, 2.24) is 9.80 Å². The predicted molar refractivity (Wildman–Crippen MR) is 102 cm³/mol. The molecule has 2 amide bonds. The van der Waals surface area contributed by atoms with Crippen molar-refractivity contribution in [2.24, 2.45) is 5.92 Å². The molecule has 1 aromatic carbocycles. The molecule has 0 spiro atoms. The van der Waals surface area contributed by atoms with Crippen LogP contribution < -0.4 is 0 Å².